The zero-order chi connectivity index (χ0) is 34.4. The Hall–Kier alpha value is -3.62. The summed E-state index contributed by atoms with van der Waals surface area (Å²) < 4.78 is 35.9. The van der Waals surface area contributed by atoms with Crippen LogP contribution in [0.1, 0.15) is 52.9 Å². The smallest absolute Gasteiger partial charge is 0.333 e. The Kier molecular flexibility index (Phi) is 8.93. The van der Waals surface area contributed by atoms with Crippen LogP contribution in [0, 0.1) is 39.4 Å². The number of fused-ring (bicyclic) bond motifs is 2. The molecule has 0 radical (unpaired) electrons. The highest BCUT2D eigenvalue weighted by atomic mass is 16.6. The molecule has 0 aliphatic heterocycles. The first-order valence-corrected chi connectivity index (χ1v) is 17.8. The fourth-order valence-electron chi connectivity index (χ4n) is 10.2. The van der Waals surface area contributed by atoms with Crippen molar-refractivity contribution in [2.24, 2.45) is 39.4 Å². The number of carbonyl (C=O) groups excluding carboxylic acids is 2. The molecule has 5 fully saturated rings. The summed E-state index contributed by atoms with van der Waals surface area (Å²) in [6.07, 6.45) is 5.08. The molecule has 0 bridgehead atoms. The first-order chi connectivity index (χ1) is 23.5. The quantitative estimate of drug-likeness (QED) is 0.124. The van der Waals surface area contributed by atoms with Crippen molar-refractivity contribution in [1.29, 1.82) is 0 Å². The molecule has 2 spiro atoms. The van der Waals surface area contributed by atoms with Gasteiger partial charge in [0.1, 0.15) is 24.7 Å². The molecular formula is C41H50O8. The van der Waals surface area contributed by atoms with E-state index in [2.05, 4.69) is 20.1 Å². The van der Waals surface area contributed by atoms with Crippen molar-refractivity contribution in [3.63, 3.8) is 0 Å². The van der Waals surface area contributed by atoms with E-state index in [1.807, 2.05) is 60.7 Å². The minimum absolute atomic E-state index is 0.0920. The highest BCUT2D eigenvalue weighted by Gasteiger charge is 3.10. The summed E-state index contributed by atoms with van der Waals surface area (Å²) in [7, 11) is 0. The Morgan fingerprint density at radius 3 is 1.80 bits per heavy atom. The fraction of sp³-hybridized carbons (Fsp3) is 0.561. The molecular weight excluding hydrogens is 620 g/mol. The van der Waals surface area contributed by atoms with Crippen molar-refractivity contribution in [2.75, 3.05) is 39.6 Å². The van der Waals surface area contributed by atoms with Gasteiger partial charge in [0, 0.05) is 16.6 Å². The van der Waals surface area contributed by atoms with E-state index in [9.17, 15) is 9.59 Å². The Morgan fingerprint density at radius 1 is 0.735 bits per heavy atom. The molecule has 9 unspecified atom stereocenters. The lowest BCUT2D eigenvalue weighted by Crippen LogP contribution is -2.38. The van der Waals surface area contributed by atoms with Crippen LogP contribution in [-0.2, 0) is 28.5 Å². The largest absolute Gasteiger partial charge is 0.490 e. The molecule has 2 aromatic rings. The topological polar surface area (TPSA) is 89.5 Å². The number of carbonyl (C=O) groups is 2. The van der Waals surface area contributed by atoms with Gasteiger partial charge in [-0.25, -0.2) is 9.59 Å². The van der Waals surface area contributed by atoms with Gasteiger partial charge < -0.3 is 28.4 Å². The minimum atomic E-state index is -0.519. The third-order valence-electron chi connectivity index (χ3n) is 12.4. The van der Waals surface area contributed by atoms with Gasteiger partial charge in [-0.3, -0.25) is 0 Å². The lowest BCUT2D eigenvalue weighted by Gasteiger charge is -2.43. The molecule has 8 heteroatoms. The Labute approximate surface area is 290 Å². The first-order valence-electron chi connectivity index (χ1n) is 17.8. The summed E-state index contributed by atoms with van der Waals surface area (Å²) in [6.45, 7) is 15.5. The van der Waals surface area contributed by atoms with Crippen molar-refractivity contribution in [1.82, 2.24) is 0 Å². The molecule has 9 atom stereocenters. The number of para-hydroxylation sites is 2. The van der Waals surface area contributed by atoms with E-state index in [4.69, 9.17) is 28.4 Å². The molecule has 8 nitrogen and oxygen atoms in total. The molecule has 5 aliphatic carbocycles. The Bertz CT molecular complexity index is 1570. The summed E-state index contributed by atoms with van der Waals surface area (Å²) in [5.74, 6) is 2.88. The van der Waals surface area contributed by atoms with Crippen LogP contribution < -0.4 is 9.47 Å². The van der Waals surface area contributed by atoms with Crippen LogP contribution in [0.25, 0.3) is 0 Å². The molecule has 0 N–H and O–H groups in total. The van der Waals surface area contributed by atoms with Crippen molar-refractivity contribution in [3.8, 4) is 11.5 Å². The first kappa shape index (κ1) is 33.9. The normalized spacial score (nSPS) is 33.7. The molecule has 5 aliphatic rings. The summed E-state index contributed by atoms with van der Waals surface area (Å²) in [4.78, 5) is 24.7. The second-order valence-electron chi connectivity index (χ2n) is 15.7. The highest BCUT2D eigenvalue weighted by Crippen LogP contribution is 3.13. The minimum Gasteiger partial charge on any atom is -0.490 e. The number of hydrogen-bond acceptors (Lipinski definition) is 8. The van der Waals surface area contributed by atoms with Gasteiger partial charge >= 0.3 is 11.9 Å². The SMILES string of the molecule is C=C(C)C(=O)OC(COCC1(C)CCC2C(C1)C1CC13C1(COCC(COc4ccccc4)OC(=O)C(=C)C)CC213)COc1ccccc1. The van der Waals surface area contributed by atoms with Gasteiger partial charge in [-0.1, -0.05) is 56.5 Å². The number of esters is 2. The van der Waals surface area contributed by atoms with E-state index in [1.54, 1.807) is 13.8 Å². The maximum Gasteiger partial charge on any atom is 0.333 e. The fourth-order valence-corrected chi connectivity index (χ4v) is 10.2. The number of benzene rings is 2. The predicted octanol–water partition coefficient (Wildman–Crippen LogP) is 6.99. The second kappa shape index (κ2) is 12.9. The lowest BCUT2D eigenvalue weighted by molar-refractivity contribution is -0.151. The predicted molar refractivity (Wildman–Crippen MR) is 184 cm³/mol. The monoisotopic (exact) mass is 670 g/mol. The van der Waals surface area contributed by atoms with Crippen molar-refractivity contribution in [3.05, 3.63) is 85.0 Å². The van der Waals surface area contributed by atoms with Gasteiger partial charge in [0.25, 0.3) is 0 Å². The molecule has 7 rings (SSSR count). The van der Waals surface area contributed by atoms with Crippen molar-refractivity contribution in [2.45, 2.75) is 65.1 Å². The van der Waals surface area contributed by atoms with Crippen LogP contribution in [0.15, 0.2) is 85.0 Å². The molecule has 0 aromatic heterocycles. The Balaban J connectivity index is 0.898. The molecule has 0 saturated heterocycles. The molecule has 49 heavy (non-hydrogen) atoms. The molecule has 262 valence electrons. The van der Waals surface area contributed by atoms with Crippen molar-refractivity contribution >= 4 is 11.9 Å². The lowest BCUT2D eigenvalue weighted by atomic mass is 9.64. The molecule has 0 heterocycles. The summed E-state index contributed by atoms with van der Waals surface area (Å²) >= 11 is 0. The van der Waals surface area contributed by atoms with Crippen molar-refractivity contribution < 1.29 is 38.0 Å². The number of rotatable bonds is 18. The van der Waals surface area contributed by atoms with E-state index < -0.39 is 24.1 Å². The summed E-state index contributed by atoms with van der Waals surface area (Å²) in [6, 6.07) is 19.1. The zero-order valence-electron chi connectivity index (χ0n) is 29.1. The van der Waals surface area contributed by atoms with Crippen LogP contribution >= 0.6 is 0 Å². The van der Waals surface area contributed by atoms with Crippen LogP contribution in [0.5, 0.6) is 11.5 Å². The van der Waals surface area contributed by atoms with E-state index in [1.165, 1.54) is 25.7 Å². The van der Waals surface area contributed by atoms with Crippen LogP contribution in [0.4, 0.5) is 0 Å². The third kappa shape index (κ3) is 5.99. The summed E-state index contributed by atoms with van der Waals surface area (Å²) in [5.41, 5.74) is 2.02. The Morgan fingerprint density at radius 2 is 1.27 bits per heavy atom. The van der Waals surface area contributed by atoms with E-state index in [-0.39, 0.29) is 25.2 Å². The van der Waals surface area contributed by atoms with Crippen LogP contribution in [0.3, 0.4) is 0 Å². The van der Waals surface area contributed by atoms with Gasteiger partial charge in [-0.2, -0.15) is 0 Å². The van der Waals surface area contributed by atoms with Crippen LogP contribution in [-0.4, -0.2) is 63.8 Å². The molecule has 2 aromatic carbocycles. The number of ether oxygens (including phenoxy) is 6. The number of hydrogen-bond donors (Lipinski definition) is 0. The summed E-state index contributed by atoms with van der Waals surface area (Å²) in [5, 5.41) is 0. The molecule has 5 saturated carbocycles. The second-order valence-corrected chi connectivity index (χ2v) is 15.7. The third-order valence-corrected chi connectivity index (χ3v) is 12.4. The highest BCUT2D eigenvalue weighted by molar-refractivity contribution is 5.87. The maximum atomic E-state index is 12.3. The van der Waals surface area contributed by atoms with Crippen LogP contribution in [0.2, 0.25) is 0 Å². The zero-order valence-corrected chi connectivity index (χ0v) is 29.1. The van der Waals surface area contributed by atoms with Gasteiger partial charge in [0.15, 0.2) is 12.2 Å². The average molecular weight is 671 g/mol. The van der Waals surface area contributed by atoms with E-state index >= 15 is 0 Å². The van der Waals surface area contributed by atoms with Gasteiger partial charge in [-0.15, -0.1) is 0 Å². The standard InChI is InChI=1S/C41H50O8/c1-27(2)36(42)48-31(22-46-29-12-8-6-9-13-29)20-44-25-38(5)17-16-34-33(18-38)35-19-40(35)39(24-41(34,39)40)26-45-21-32(49-37(43)28(3)4)23-47-30-14-10-7-11-15-30/h6-15,31-35H,1,3,16-26H2,2,4-5H3. The average Bonchev–Trinajstić information content (AvgIpc) is 4.03. The van der Waals surface area contributed by atoms with Gasteiger partial charge in [0.05, 0.1) is 26.4 Å². The van der Waals surface area contributed by atoms with E-state index in [0.29, 0.717) is 40.6 Å². The van der Waals surface area contributed by atoms with Gasteiger partial charge in [0.2, 0.25) is 0 Å². The van der Waals surface area contributed by atoms with E-state index in [0.717, 1.165) is 42.3 Å². The molecule has 0 amide bonds. The van der Waals surface area contributed by atoms with Gasteiger partial charge in [-0.05, 0) is 104 Å². The maximum absolute atomic E-state index is 12.3.